The number of imidazole rings is 1. The molecule has 0 bridgehead atoms. The van der Waals surface area contributed by atoms with Gasteiger partial charge in [0.15, 0.2) is 17.5 Å². The number of anilines is 2. The van der Waals surface area contributed by atoms with Crippen molar-refractivity contribution in [3.8, 4) is 11.4 Å². The standard InChI is InChI=1S/C24H20F5N5O3/c1-12-9-33(11-30-12)19-4-3-14(7-21(19)37-2)31-18-8-17(23(28)29)32-34(24(18)36)20(10-35)13-5-15(25)22(27)16(26)6-13/h3-9,11,20,23,31,35H,10H2,1-2H3/t20-/m0/s1. The number of benzene rings is 2. The van der Waals surface area contributed by atoms with Crippen LogP contribution in [-0.2, 0) is 0 Å². The Bertz CT molecular complexity index is 1480. The summed E-state index contributed by atoms with van der Waals surface area (Å²) in [6, 6.07) is 5.07. The zero-order valence-electron chi connectivity index (χ0n) is 19.4. The number of halogens is 5. The Labute approximate surface area is 206 Å². The largest absolute Gasteiger partial charge is 0.494 e. The number of nitrogens with one attached hydrogen (secondary N) is 1. The zero-order chi connectivity index (χ0) is 26.9. The molecular weight excluding hydrogens is 501 g/mol. The van der Waals surface area contributed by atoms with Gasteiger partial charge in [0.05, 0.1) is 31.4 Å². The van der Waals surface area contributed by atoms with Crippen LogP contribution in [0.1, 0.15) is 29.4 Å². The summed E-state index contributed by atoms with van der Waals surface area (Å²) in [6.07, 6.45) is 0.208. The van der Waals surface area contributed by atoms with E-state index in [2.05, 4.69) is 15.4 Å². The lowest BCUT2D eigenvalue weighted by molar-refractivity contribution is 0.141. The van der Waals surface area contributed by atoms with Gasteiger partial charge >= 0.3 is 0 Å². The van der Waals surface area contributed by atoms with E-state index in [9.17, 15) is 31.9 Å². The number of aromatic nitrogens is 4. The summed E-state index contributed by atoms with van der Waals surface area (Å²) in [4.78, 5) is 17.3. The van der Waals surface area contributed by atoms with Gasteiger partial charge in [-0.25, -0.2) is 31.6 Å². The van der Waals surface area contributed by atoms with Gasteiger partial charge in [0.25, 0.3) is 12.0 Å². The topological polar surface area (TPSA) is 94.2 Å². The second-order valence-electron chi connectivity index (χ2n) is 7.96. The van der Waals surface area contributed by atoms with Crippen molar-refractivity contribution in [3.05, 3.63) is 93.7 Å². The Morgan fingerprint density at radius 3 is 2.38 bits per heavy atom. The number of aliphatic hydroxyl groups excluding tert-OH is 1. The minimum absolute atomic E-state index is 0.284. The number of nitrogens with zero attached hydrogens (tertiary/aromatic N) is 4. The van der Waals surface area contributed by atoms with E-state index in [0.717, 1.165) is 11.8 Å². The normalized spacial score (nSPS) is 12.1. The van der Waals surface area contributed by atoms with Crippen molar-refractivity contribution in [2.24, 2.45) is 0 Å². The lowest BCUT2D eigenvalue weighted by atomic mass is 10.1. The van der Waals surface area contributed by atoms with E-state index in [-0.39, 0.29) is 16.9 Å². The molecule has 4 aromatic rings. The fourth-order valence-corrected chi connectivity index (χ4v) is 3.71. The van der Waals surface area contributed by atoms with E-state index in [1.165, 1.54) is 13.2 Å². The second-order valence-corrected chi connectivity index (χ2v) is 7.96. The van der Waals surface area contributed by atoms with Crippen LogP contribution in [0.15, 0.2) is 53.7 Å². The van der Waals surface area contributed by atoms with Gasteiger partial charge in [-0.2, -0.15) is 5.10 Å². The van der Waals surface area contributed by atoms with Crippen molar-refractivity contribution < 1.29 is 31.8 Å². The number of methoxy groups -OCH3 is 1. The molecule has 0 aliphatic heterocycles. The molecule has 37 heavy (non-hydrogen) atoms. The van der Waals surface area contributed by atoms with Crippen LogP contribution in [0.25, 0.3) is 5.69 Å². The Morgan fingerprint density at radius 1 is 1.11 bits per heavy atom. The predicted molar refractivity (Wildman–Crippen MR) is 123 cm³/mol. The van der Waals surface area contributed by atoms with Gasteiger partial charge in [0.1, 0.15) is 23.2 Å². The SMILES string of the molecule is COc1cc(Nc2cc(C(F)F)nn([C@@H](CO)c3cc(F)c(F)c(F)c3)c2=O)ccc1-n1cnc(C)c1. The summed E-state index contributed by atoms with van der Waals surface area (Å²) in [5, 5.41) is 16.2. The number of alkyl halides is 2. The predicted octanol–water partition coefficient (Wildman–Crippen LogP) is 4.43. The van der Waals surface area contributed by atoms with Crippen LogP contribution < -0.4 is 15.6 Å². The smallest absolute Gasteiger partial charge is 0.291 e. The van der Waals surface area contributed by atoms with E-state index >= 15 is 0 Å². The van der Waals surface area contributed by atoms with Crippen molar-refractivity contribution in [2.75, 3.05) is 19.0 Å². The van der Waals surface area contributed by atoms with E-state index in [0.29, 0.717) is 28.3 Å². The highest BCUT2D eigenvalue weighted by Crippen LogP contribution is 2.29. The third-order valence-electron chi connectivity index (χ3n) is 5.49. The minimum Gasteiger partial charge on any atom is -0.494 e. The molecule has 0 aliphatic carbocycles. The van der Waals surface area contributed by atoms with Crippen molar-refractivity contribution in [3.63, 3.8) is 0 Å². The van der Waals surface area contributed by atoms with Gasteiger partial charge in [0, 0.05) is 18.0 Å². The molecule has 0 saturated carbocycles. The van der Waals surface area contributed by atoms with Crippen molar-refractivity contribution in [1.82, 2.24) is 19.3 Å². The molecule has 2 heterocycles. The molecule has 0 amide bonds. The van der Waals surface area contributed by atoms with Gasteiger partial charge in [0.2, 0.25) is 0 Å². The fraction of sp³-hybridized carbons (Fsp3) is 0.208. The van der Waals surface area contributed by atoms with Crippen LogP contribution in [0.2, 0.25) is 0 Å². The maximum atomic E-state index is 13.8. The molecule has 0 saturated heterocycles. The number of aryl methyl sites for hydroxylation is 1. The van der Waals surface area contributed by atoms with Gasteiger partial charge in [-0.05, 0) is 42.8 Å². The molecule has 2 N–H and O–H groups in total. The molecule has 1 atom stereocenters. The van der Waals surface area contributed by atoms with Crippen molar-refractivity contribution >= 4 is 11.4 Å². The summed E-state index contributed by atoms with van der Waals surface area (Å²) >= 11 is 0. The number of hydrogen-bond acceptors (Lipinski definition) is 6. The van der Waals surface area contributed by atoms with E-state index < -0.39 is 47.8 Å². The van der Waals surface area contributed by atoms with Gasteiger partial charge in [-0.3, -0.25) is 4.79 Å². The van der Waals surface area contributed by atoms with E-state index in [1.54, 1.807) is 29.2 Å². The first-order chi connectivity index (χ1) is 17.6. The molecule has 8 nitrogen and oxygen atoms in total. The zero-order valence-corrected chi connectivity index (χ0v) is 19.4. The highest BCUT2D eigenvalue weighted by atomic mass is 19.3. The van der Waals surface area contributed by atoms with Gasteiger partial charge < -0.3 is 19.7 Å². The molecular formula is C24H20F5N5O3. The lowest BCUT2D eigenvalue weighted by Crippen LogP contribution is -2.32. The summed E-state index contributed by atoms with van der Waals surface area (Å²) in [7, 11) is 1.42. The minimum atomic E-state index is -3.13. The molecule has 2 aromatic heterocycles. The molecule has 0 fully saturated rings. The third kappa shape index (κ3) is 5.16. The monoisotopic (exact) mass is 521 g/mol. The average molecular weight is 521 g/mol. The fourth-order valence-electron chi connectivity index (χ4n) is 3.71. The highest BCUT2D eigenvalue weighted by Gasteiger charge is 2.24. The molecule has 0 spiro atoms. The maximum Gasteiger partial charge on any atom is 0.291 e. The first-order valence-electron chi connectivity index (χ1n) is 10.8. The summed E-state index contributed by atoms with van der Waals surface area (Å²) < 4.78 is 75.9. The number of aliphatic hydroxyl groups is 1. The highest BCUT2D eigenvalue weighted by molar-refractivity contribution is 5.64. The van der Waals surface area contributed by atoms with Crippen LogP contribution in [0.5, 0.6) is 5.75 Å². The summed E-state index contributed by atoms with van der Waals surface area (Å²) in [6.45, 7) is 0.860. The van der Waals surface area contributed by atoms with Crippen LogP contribution in [0, 0.1) is 24.4 Å². The second kappa shape index (κ2) is 10.4. The molecule has 194 valence electrons. The third-order valence-corrected chi connectivity index (χ3v) is 5.49. The Hall–Kier alpha value is -4.26. The first kappa shape index (κ1) is 25.8. The summed E-state index contributed by atoms with van der Waals surface area (Å²) in [5.74, 6) is -4.54. The Balaban J connectivity index is 1.78. The molecule has 13 heteroatoms. The first-order valence-corrected chi connectivity index (χ1v) is 10.8. The van der Waals surface area contributed by atoms with E-state index in [4.69, 9.17) is 4.74 Å². The van der Waals surface area contributed by atoms with Crippen LogP contribution >= 0.6 is 0 Å². The van der Waals surface area contributed by atoms with Crippen LogP contribution in [-0.4, -0.2) is 38.2 Å². The molecule has 0 unspecified atom stereocenters. The maximum absolute atomic E-state index is 13.8. The average Bonchev–Trinajstić information content (AvgIpc) is 3.30. The van der Waals surface area contributed by atoms with Gasteiger partial charge in [-0.1, -0.05) is 0 Å². The molecule has 0 radical (unpaired) electrons. The Morgan fingerprint density at radius 2 is 1.81 bits per heavy atom. The molecule has 2 aromatic carbocycles. The summed E-state index contributed by atoms with van der Waals surface area (Å²) in [5.41, 5.74) is -0.905. The molecule has 4 rings (SSSR count). The van der Waals surface area contributed by atoms with E-state index in [1.807, 2.05) is 6.92 Å². The number of hydrogen-bond donors (Lipinski definition) is 2. The number of rotatable bonds is 8. The molecule has 0 aliphatic rings. The quantitative estimate of drug-likeness (QED) is 0.263. The number of ether oxygens (including phenoxy) is 1. The van der Waals surface area contributed by atoms with Crippen molar-refractivity contribution in [1.29, 1.82) is 0 Å². The van der Waals surface area contributed by atoms with Crippen LogP contribution in [0.3, 0.4) is 0 Å². The lowest BCUT2D eigenvalue weighted by Gasteiger charge is -2.20. The van der Waals surface area contributed by atoms with Crippen LogP contribution in [0.4, 0.5) is 33.3 Å². The van der Waals surface area contributed by atoms with Gasteiger partial charge in [-0.15, -0.1) is 0 Å². The van der Waals surface area contributed by atoms with Crippen molar-refractivity contribution in [2.45, 2.75) is 19.4 Å². The Kier molecular flexibility index (Phi) is 7.25.